The SMILES string of the molecule is CS(=O)(=O)Nc1ccc(N2C[C@H]3[C@@H](C2=O)[C@H](c2cccc(Cl)c2F)[C@]2(C(=O)Nc4cc(Cl)ccc42)N3CC2CC2)cc1F. The van der Waals surface area contributed by atoms with Gasteiger partial charge in [0.1, 0.15) is 17.2 Å². The third-order valence-electron chi connectivity index (χ3n) is 9.01. The molecule has 0 bridgehead atoms. The predicted molar refractivity (Wildman–Crippen MR) is 160 cm³/mol. The molecule has 7 rings (SSSR count). The first kappa shape index (κ1) is 28.5. The van der Waals surface area contributed by atoms with E-state index in [1.54, 1.807) is 30.3 Å². The van der Waals surface area contributed by atoms with Gasteiger partial charge < -0.3 is 10.2 Å². The smallest absolute Gasteiger partial charge is 0.250 e. The molecule has 0 unspecified atom stereocenters. The van der Waals surface area contributed by atoms with Crippen molar-refractivity contribution >= 4 is 62.1 Å². The highest BCUT2D eigenvalue weighted by molar-refractivity contribution is 7.92. The second-order valence-corrected chi connectivity index (χ2v) is 14.3. The molecule has 3 fully saturated rings. The summed E-state index contributed by atoms with van der Waals surface area (Å²) in [4.78, 5) is 32.1. The van der Waals surface area contributed by atoms with Crippen LogP contribution in [0.2, 0.25) is 10.0 Å². The Labute approximate surface area is 257 Å². The Morgan fingerprint density at radius 1 is 1.07 bits per heavy atom. The van der Waals surface area contributed by atoms with E-state index in [2.05, 4.69) is 10.0 Å². The van der Waals surface area contributed by atoms with E-state index in [1.807, 2.05) is 4.90 Å². The highest BCUT2D eigenvalue weighted by Gasteiger charge is 2.71. The van der Waals surface area contributed by atoms with Crippen molar-refractivity contribution in [3.8, 4) is 0 Å². The number of fused-ring (bicyclic) bond motifs is 3. The van der Waals surface area contributed by atoms with Crippen LogP contribution in [0.3, 0.4) is 0 Å². The molecule has 224 valence electrons. The zero-order valence-corrected chi connectivity index (χ0v) is 25.1. The third kappa shape index (κ3) is 4.43. The van der Waals surface area contributed by atoms with Crippen LogP contribution in [0.15, 0.2) is 54.6 Å². The average molecular weight is 648 g/mol. The highest BCUT2D eigenvalue weighted by Crippen LogP contribution is 2.62. The van der Waals surface area contributed by atoms with E-state index in [9.17, 15) is 18.0 Å². The van der Waals surface area contributed by atoms with Gasteiger partial charge in [0.25, 0.3) is 0 Å². The van der Waals surface area contributed by atoms with Gasteiger partial charge in [-0.2, -0.15) is 0 Å². The lowest BCUT2D eigenvalue weighted by Gasteiger charge is -2.41. The Morgan fingerprint density at radius 2 is 1.84 bits per heavy atom. The normalized spacial score (nSPS) is 26.6. The quantitative estimate of drug-likeness (QED) is 0.377. The van der Waals surface area contributed by atoms with Crippen molar-refractivity contribution in [2.45, 2.75) is 30.3 Å². The van der Waals surface area contributed by atoms with Gasteiger partial charge in [0.2, 0.25) is 21.8 Å². The van der Waals surface area contributed by atoms with E-state index in [4.69, 9.17) is 23.2 Å². The topological polar surface area (TPSA) is 98.8 Å². The first-order valence-electron chi connectivity index (χ1n) is 13.8. The second kappa shape index (κ2) is 9.88. The number of amides is 2. The van der Waals surface area contributed by atoms with Crippen molar-refractivity contribution in [1.29, 1.82) is 0 Å². The largest absolute Gasteiger partial charge is 0.324 e. The molecule has 1 saturated carbocycles. The van der Waals surface area contributed by atoms with Gasteiger partial charge in [0.15, 0.2) is 0 Å². The summed E-state index contributed by atoms with van der Waals surface area (Å²) in [5.41, 5.74) is -0.171. The summed E-state index contributed by atoms with van der Waals surface area (Å²) in [5.74, 6) is -3.87. The molecule has 3 aromatic rings. The van der Waals surface area contributed by atoms with Crippen molar-refractivity contribution in [3.05, 3.63) is 87.4 Å². The Bertz CT molecular complexity index is 1820. The van der Waals surface area contributed by atoms with E-state index in [0.29, 0.717) is 28.7 Å². The molecule has 3 aromatic carbocycles. The van der Waals surface area contributed by atoms with Gasteiger partial charge in [0, 0.05) is 47.0 Å². The minimum Gasteiger partial charge on any atom is -0.324 e. The number of carbonyl (C=O) groups is 2. The standard InChI is InChI=1S/C30H26Cl2F2N4O4S/c1-43(41,42)36-22-10-8-17(12-21(22)33)37-14-24-25(28(37)39)26(18-3-2-4-20(32)27(18)34)30(38(24)13-15-5-6-15)19-9-7-16(31)11-23(19)35-29(30)40/h2-4,7-12,15,24-26,36H,5-6,13-14H2,1H3,(H,35,40)/t24-,25+,26-,30+/m0/s1. The van der Waals surface area contributed by atoms with E-state index >= 15 is 8.78 Å². The minimum atomic E-state index is -3.73. The summed E-state index contributed by atoms with van der Waals surface area (Å²) in [5, 5.41) is 3.25. The van der Waals surface area contributed by atoms with Crippen LogP contribution in [0.1, 0.15) is 29.9 Å². The Kier molecular flexibility index (Phi) is 6.55. The molecule has 2 amide bonds. The molecule has 3 heterocycles. The number of halogens is 4. The van der Waals surface area contributed by atoms with Gasteiger partial charge in [0.05, 0.1) is 22.9 Å². The van der Waals surface area contributed by atoms with Crippen molar-refractivity contribution in [2.24, 2.45) is 11.8 Å². The number of benzene rings is 3. The molecule has 3 aliphatic heterocycles. The molecule has 1 spiro atoms. The zero-order valence-electron chi connectivity index (χ0n) is 22.8. The second-order valence-electron chi connectivity index (χ2n) is 11.7. The van der Waals surface area contributed by atoms with Gasteiger partial charge in [-0.25, -0.2) is 17.2 Å². The Hall–Kier alpha value is -3.25. The van der Waals surface area contributed by atoms with Crippen LogP contribution in [0, 0.1) is 23.5 Å². The zero-order chi connectivity index (χ0) is 30.4. The number of nitrogens with one attached hydrogen (secondary N) is 2. The lowest BCUT2D eigenvalue weighted by molar-refractivity contribution is -0.128. The maximum absolute atomic E-state index is 16.0. The molecule has 2 saturated heterocycles. The fourth-order valence-corrected chi connectivity index (χ4v) is 8.12. The molecule has 1 aliphatic carbocycles. The molecule has 0 aromatic heterocycles. The van der Waals surface area contributed by atoms with E-state index in [0.717, 1.165) is 25.2 Å². The number of rotatable bonds is 6. The van der Waals surface area contributed by atoms with Crippen LogP contribution >= 0.6 is 23.2 Å². The van der Waals surface area contributed by atoms with Crippen molar-refractivity contribution in [3.63, 3.8) is 0 Å². The summed E-state index contributed by atoms with van der Waals surface area (Å²) in [7, 11) is -3.73. The number of sulfonamides is 1. The lowest BCUT2D eigenvalue weighted by atomic mass is 9.71. The van der Waals surface area contributed by atoms with Gasteiger partial charge in [-0.3, -0.25) is 19.2 Å². The predicted octanol–water partition coefficient (Wildman–Crippen LogP) is 5.33. The number of carbonyl (C=O) groups excluding carboxylic acids is 2. The van der Waals surface area contributed by atoms with Gasteiger partial charge >= 0.3 is 0 Å². The maximum Gasteiger partial charge on any atom is 0.250 e. The fourth-order valence-electron chi connectivity index (χ4n) is 7.20. The van der Waals surface area contributed by atoms with E-state index in [-0.39, 0.29) is 34.4 Å². The fraction of sp³-hybridized carbons (Fsp3) is 0.333. The molecule has 8 nitrogen and oxygen atoms in total. The third-order valence-corrected chi connectivity index (χ3v) is 10.1. The van der Waals surface area contributed by atoms with Crippen molar-refractivity contribution in [2.75, 3.05) is 34.3 Å². The average Bonchev–Trinajstić information content (AvgIpc) is 3.56. The van der Waals surface area contributed by atoms with Crippen LogP contribution in [0.25, 0.3) is 0 Å². The molecule has 13 heteroatoms. The number of hydrogen-bond acceptors (Lipinski definition) is 5. The minimum absolute atomic E-state index is 0.116. The summed E-state index contributed by atoms with van der Waals surface area (Å²) in [6.07, 6.45) is 2.84. The van der Waals surface area contributed by atoms with Crippen LogP contribution in [0.4, 0.5) is 25.8 Å². The van der Waals surface area contributed by atoms with Gasteiger partial charge in [-0.05, 0) is 60.7 Å². The number of anilines is 3. The lowest BCUT2D eigenvalue weighted by Crippen LogP contribution is -2.54. The first-order chi connectivity index (χ1) is 20.4. The maximum atomic E-state index is 16.0. The Morgan fingerprint density at radius 3 is 2.53 bits per heavy atom. The first-order valence-corrected chi connectivity index (χ1v) is 16.5. The molecule has 4 aliphatic rings. The molecule has 2 N–H and O–H groups in total. The summed E-state index contributed by atoms with van der Waals surface area (Å²) in [6, 6.07) is 13.0. The molecule has 0 radical (unpaired) electrons. The van der Waals surface area contributed by atoms with E-state index < -0.39 is 51.0 Å². The molecule has 4 atom stereocenters. The monoisotopic (exact) mass is 646 g/mol. The van der Waals surface area contributed by atoms with Crippen LogP contribution < -0.4 is 14.9 Å². The number of nitrogens with zero attached hydrogens (tertiary/aromatic N) is 2. The molecular formula is C30H26Cl2F2N4O4S. The summed E-state index contributed by atoms with van der Waals surface area (Å²) >= 11 is 12.6. The molecular weight excluding hydrogens is 621 g/mol. The van der Waals surface area contributed by atoms with Crippen LogP contribution in [-0.4, -0.2) is 50.5 Å². The van der Waals surface area contributed by atoms with E-state index in [1.165, 1.54) is 23.1 Å². The number of hydrogen-bond donors (Lipinski definition) is 2. The van der Waals surface area contributed by atoms with Crippen LogP contribution in [0.5, 0.6) is 0 Å². The molecule has 43 heavy (non-hydrogen) atoms. The Balaban J connectivity index is 1.39. The summed E-state index contributed by atoms with van der Waals surface area (Å²) in [6.45, 7) is 0.618. The number of likely N-dealkylation sites (tertiary alicyclic amines) is 1. The van der Waals surface area contributed by atoms with Gasteiger partial charge in [-0.15, -0.1) is 0 Å². The van der Waals surface area contributed by atoms with Crippen molar-refractivity contribution in [1.82, 2.24) is 4.90 Å². The summed E-state index contributed by atoms with van der Waals surface area (Å²) < 4.78 is 56.4. The van der Waals surface area contributed by atoms with Crippen molar-refractivity contribution < 1.29 is 26.8 Å². The van der Waals surface area contributed by atoms with Crippen LogP contribution in [-0.2, 0) is 25.2 Å². The van der Waals surface area contributed by atoms with Gasteiger partial charge in [-0.1, -0.05) is 41.4 Å². The highest BCUT2D eigenvalue weighted by atomic mass is 35.5.